The van der Waals surface area contributed by atoms with Gasteiger partial charge >= 0.3 is 0 Å². The standard InChI is InChI=1S/C21H23NO2S/c1-14-5-7-15(8-6-14)18-11-16(12-19-17(18)9-10-25-19)20(23)22-21(2,3)13-24-4/h5-12H,13H2,1-4H3,(H,22,23). The third-order valence-corrected chi connectivity index (χ3v) is 5.02. The molecule has 0 bridgehead atoms. The lowest BCUT2D eigenvalue weighted by molar-refractivity contribution is 0.0820. The van der Waals surface area contributed by atoms with Gasteiger partial charge in [-0.2, -0.15) is 0 Å². The maximum absolute atomic E-state index is 12.8. The normalized spacial score (nSPS) is 11.7. The molecule has 0 spiro atoms. The number of nitrogens with one attached hydrogen (secondary N) is 1. The summed E-state index contributed by atoms with van der Waals surface area (Å²) in [5.41, 5.74) is 3.70. The van der Waals surface area contributed by atoms with Crippen molar-refractivity contribution in [1.82, 2.24) is 5.32 Å². The Labute approximate surface area is 152 Å². The molecule has 3 aromatic rings. The van der Waals surface area contributed by atoms with E-state index in [4.69, 9.17) is 4.74 Å². The molecule has 2 aromatic carbocycles. The van der Waals surface area contributed by atoms with Gasteiger partial charge in [0.05, 0.1) is 12.1 Å². The molecule has 0 saturated carbocycles. The van der Waals surface area contributed by atoms with E-state index in [9.17, 15) is 4.79 Å². The van der Waals surface area contributed by atoms with Crippen LogP contribution in [0.4, 0.5) is 0 Å². The van der Waals surface area contributed by atoms with E-state index in [1.807, 2.05) is 26.0 Å². The Hall–Kier alpha value is -2.17. The van der Waals surface area contributed by atoms with Crippen LogP contribution in [0.25, 0.3) is 21.2 Å². The smallest absolute Gasteiger partial charge is 0.251 e. The van der Waals surface area contributed by atoms with Gasteiger partial charge < -0.3 is 10.1 Å². The molecule has 0 aliphatic rings. The number of ether oxygens (including phenoxy) is 1. The molecule has 1 N–H and O–H groups in total. The van der Waals surface area contributed by atoms with Gasteiger partial charge in [0.2, 0.25) is 0 Å². The highest BCUT2D eigenvalue weighted by Crippen LogP contribution is 2.33. The summed E-state index contributed by atoms with van der Waals surface area (Å²) >= 11 is 1.65. The van der Waals surface area contributed by atoms with E-state index in [-0.39, 0.29) is 5.91 Å². The fourth-order valence-corrected chi connectivity index (χ4v) is 3.80. The molecule has 1 heterocycles. The van der Waals surface area contributed by atoms with Gasteiger partial charge in [-0.25, -0.2) is 0 Å². The van der Waals surface area contributed by atoms with Crippen LogP contribution in [0.2, 0.25) is 0 Å². The number of fused-ring (bicyclic) bond motifs is 1. The molecule has 0 aliphatic heterocycles. The highest BCUT2D eigenvalue weighted by molar-refractivity contribution is 7.17. The predicted molar refractivity (Wildman–Crippen MR) is 105 cm³/mol. The van der Waals surface area contributed by atoms with E-state index in [0.717, 1.165) is 15.8 Å². The summed E-state index contributed by atoms with van der Waals surface area (Å²) in [5, 5.41) is 6.31. The SMILES string of the molecule is COCC(C)(C)NC(=O)c1cc(-c2ccc(C)cc2)c2ccsc2c1. The molecule has 3 nitrogen and oxygen atoms in total. The second kappa shape index (κ2) is 6.98. The molecular weight excluding hydrogens is 330 g/mol. The molecule has 1 amide bonds. The molecule has 0 radical (unpaired) electrons. The van der Waals surface area contributed by atoms with Crippen molar-refractivity contribution in [1.29, 1.82) is 0 Å². The Bertz CT molecular complexity index is 894. The van der Waals surface area contributed by atoms with Gasteiger partial charge in [-0.3, -0.25) is 4.79 Å². The van der Waals surface area contributed by atoms with Crippen molar-refractivity contribution in [3.05, 3.63) is 59.0 Å². The molecule has 0 saturated heterocycles. The molecule has 4 heteroatoms. The van der Waals surface area contributed by atoms with E-state index in [1.165, 1.54) is 10.9 Å². The summed E-state index contributed by atoms with van der Waals surface area (Å²) in [7, 11) is 1.64. The fourth-order valence-electron chi connectivity index (χ4n) is 2.95. The molecule has 25 heavy (non-hydrogen) atoms. The number of benzene rings is 2. The minimum atomic E-state index is -0.416. The molecule has 0 aliphatic carbocycles. The van der Waals surface area contributed by atoms with Crippen molar-refractivity contribution in [3.63, 3.8) is 0 Å². The van der Waals surface area contributed by atoms with E-state index in [0.29, 0.717) is 12.2 Å². The molecule has 3 rings (SSSR count). The number of hydrogen-bond acceptors (Lipinski definition) is 3. The molecular formula is C21H23NO2S. The van der Waals surface area contributed by atoms with Crippen molar-refractivity contribution in [2.45, 2.75) is 26.3 Å². The lowest BCUT2D eigenvalue weighted by atomic mass is 9.97. The molecule has 0 unspecified atom stereocenters. The monoisotopic (exact) mass is 353 g/mol. The largest absolute Gasteiger partial charge is 0.382 e. The summed E-state index contributed by atoms with van der Waals surface area (Å²) < 4.78 is 6.31. The van der Waals surface area contributed by atoms with Crippen LogP contribution in [-0.2, 0) is 4.74 Å². The average Bonchev–Trinajstić information content (AvgIpc) is 3.02. The van der Waals surface area contributed by atoms with E-state index in [1.54, 1.807) is 18.4 Å². The van der Waals surface area contributed by atoms with Gasteiger partial charge in [0.1, 0.15) is 0 Å². The van der Waals surface area contributed by atoms with Crippen LogP contribution >= 0.6 is 11.3 Å². The minimum Gasteiger partial charge on any atom is -0.382 e. The second-order valence-corrected chi connectivity index (χ2v) is 7.94. The Morgan fingerprint density at radius 3 is 2.56 bits per heavy atom. The van der Waals surface area contributed by atoms with Crippen molar-refractivity contribution in [2.24, 2.45) is 0 Å². The first-order valence-electron chi connectivity index (χ1n) is 8.29. The minimum absolute atomic E-state index is 0.0780. The van der Waals surface area contributed by atoms with E-state index in [2.05, 4.69) is 48.0 Å². The first-order valence-corrected chi connectivity index (χ1v) is 9.17. The number of rotatable bonds is 5. The number of carbonyl (C=O) groups is 1. The first kappa shape index (κ1) is 17.6. The Kier molecular flexibility index (Phi) is 4.93. The number of methoxy groups -OCH3 is 1. The van der Waals surface area contributed by atoms with Crippen LogP contribution in [-0.4, -0.2) is 25.2 Å². The Morgan fingerprint density at radius 1 is 1.16 bits per heavy atom. The van der Waals surface area contributed by atoms with Gasteiger partial charge in [0, 0.05) is 22.8 Å². The van der Waals surface area contributed by atoms with Crippen LogP contribution in [0, 0.1) is 6.92 Å². The quantitative estimate of drug-likeness (QED) is 0.698. The predicted octanol–water partition coefficient (Wildman–Crippen LogP) is 5.03. The second-order valence-electron chi connectivity index (χ2n) is 6.99. The zero-order valence-corrected chi connectivity index (χ0v) is 15.9. The number of thiophene rings is 1. The first-order chi connectivity index (χ1) is 11.9. The lowest BCUT2D eigenvalue weighted by Crippen LogP contribution is -2.46. The Balaban J connectivity index is 2.03. The maximum Gasteiger partial charge on any atom is 0.251 e. The van der Waals surface area contributed by atoms with Crippen LogP contribution in [0.3, 0.4) is 0 Å². The molecule has 0 fully saturated rings. The fraction of sp³-hybridized carbons (Fsp3) is 0.286. The third kappa shape index (κ3) is 3.91. The van der Waals surface area contributed by atoms with Crippen LogP contribution in [0.5, 0.6) is 0 Å². The van der Waals surface area contributed by atoms with Crippen LogP contribution < -0.4 is 5.32 Å². The number of amides is 1. The van der Waals surface area contributed by atoms with Gasteiger partial charge in [-0.05, 0) is 55.5 Å². The maximum atomic E-state index is 12.8. The van der Waals surface area contributed by atoms with Gasteiger partial charge in [0.15, 0.2) is 0 Å². The van der Waals surface area contributed by atoms with Gasteiger partial charge in [0.25, 0.3) is 5.91 Å². The van der Waals surface area contributed by atoms with Crippen molar-refractivity contribution in [3.8, 4) is 11.1 Å². The summed E-state index contributed by atoms with van der Waals surface area (Å²) in [6.45, 7) is 6.45. The molecule has 0 atom stereocenters. The average molecular weight is 353 g/mol. The van der Waals surface area contributed by atoms with Crippen molar-refractivity contribution in [2.75, 3.05) is 13.7 Å². The number of hydrogen-bond donors (Lipinski definition) is 1. The summed E-state index contributed by atoms with van der Waals surface area (Å²) in [4.78, 5) is 12.8. The Morgan fingerprint density at radius 2 is 1.88 bits per heavy atom. The number of aryl methyl sites for hydroxylation is 1. The van der Waals surface area contributed by atoms with E-state index >= 15 is 0 Å². The summed E-state index contributed by atoms with van der Waals surface area (Å²) in [6.07, 6.45) is 0. The van der Waals surface area contributed by atoms with Crippen molar-refractivity contribution >= 4 is 27.3 Å². The van der Waals surface area contributed by atoms with E-state index < -0.39 is 5.54 Å². The van der Waals surface area contributed by atoms with Gasteiger partial charge in [-0.15, -0.1) is 11.3 Å². The third-order valence-electron chi connectivity index (χ3n) is 4.15. The zero-order valence-electron chi connectivity index (χ0n) is 15.1. The summed E-state index contributed by atoms with van der Waals surface area (Å²) in [6, 6.07) is 14.5. The lowest BCUT2D eigenvalue weighted by Gasteiger charge is -2.25. The van der Waals surface area contributed by atoms with Crippen LogP contribution in [0.15, 0.2) is 47.8 Å². The highest BCUT2D eigenvalue weighted by Gasteiger charge is 2.22. The zero-order chi connectivity index (χ0) is 18.0. The topological polar surface area (TPSA) is 38.3 Å². The highest BCUT2D eigenvalue weighted by atomic mass is 32.1. The molecule has 130 valence electrons. The van der Waals surface area contributed by atoms with Crippen LogP contribution in [0.1, 0.15) is 29.8 Å². The number of carbonyl (C=O) groups excluding carboxylic acids is 1. The van der Waals surface area contributed by atoms with Crippen molar-refractivity contribution < 1.29 is 9.53 Å². The molecule has 1 aromatic heterocycles. The summed E-state index contributed by atoms with van der Waals surface area (Å²) in [5.74, 6) is -0.0780. The van der Waals surface area contributed by atoms with Gasteiger partial charge in [-0.1, -0.05) is 29.8 Å².